The van der Waals surface area contributed by atoms with E-state index in [0.717, 1.165) is 0 Å². The van der Waals surface area contributed by atoms with E-state index in [4.69, 9.17) is 10.5 Å². The van der Waals surface area contributed by atoms with Crippen LogP contribution in [0.1, 0.15) is 13.8 Å². The molecule has 1 amide bonds. The molecular weight excluding hydrogens is 235 g/mol. The van der Waals surface area contributed by atoms with Crippen molar-refractivity contribution < 1.29 is 13.9 Å². The minimum atomic E-state index is -0.345. The first-order chi connectivity index (χ1) is 8.50. The molecule has 0 aromatic heterocycles. The second-order valence-corrected chi connectivity index (χ2v) is 4.24. The molecule has 0 aliphatic rings. The third kappa shape index (κ3) is 4.71. The smallest absolute Gasteiger partial charge is 0.224 e. The fourth-order valence-corrected chi connectivity index (χ4v) is 1.30. The fourth-order valence-electron chi connectivity index (χ4n) is 1.30. The molecule has 2 unspecified atom stereocenters. The van der Waals surface area contributed by atoms with Crippen molar-refractivity contribution in [1.29, 1.82) is 0 Å². The molecule has 0 bridgehead atoms. The molecule has 18 heavy (non-hydrogen) atoms. The molecular formula is C13H19FN2O2. The summed E-state index contributed by atoms with van der Waals surface area (Å²) in [5, 5.41) is 2.71. The molecule has 3 N–H and O–H groups in total. The van der Waals surface area contributed by atoms with E-state index >= 15 is 0 Å². The summed E-state index contributed by atoms with van der Waals surface area (Å²) in [5.41, 5.74) is 5.62. The molecule has 1 aromatic carbocycles. The van der Waals surface area contributed by atoms with Gasteiger partial charge < -0.3 is 15.8 Å². The van der Waals surface area contributed by atoms with E-state index in [9.17, 15) is 9.18 Å². The van der Waals surface area contributed by atoms with Crippen LogP contribution >= 0.6 is 0 Å². The van der Waals surface area contributed by atoms with Crippen molar-refractivity contribution in [2.75, 3.05) is 13.2 Å². The molecule has 0 fully saturated rings. The van der Waals surface area contributed by atoms with Gasteiger partial charge in [-0.05, 0) is 19.1 Å². The Morgan fingerprint density at radius 3 is 2.83 bits per heavy atom. The van der Waals surface area contributed by atoms with Gasteiger partial charge in [-0.1, -0.05) is 13.0 Å². The molecule has 0 saturated heterocycles. The monoisotopic (exact) mass is 254 g/mol. The molecule has 0 aliphatic carbocycles. The van der Waals surface area contributed by atoms with Crippen LogP contribution in [0.15, 0.2) is 24.3 Å². The lowest BCUT2D eigenvalue weighted by Crippen LogP contribution is -2.40. The normalized spacial score (nSPS) is 13.8. The Bertz CT molecular complexity index is 396. The zero-order valence-electron chi connectivity index (χ0n) is 10.7. The number of halogens is 1. The van der Waals surface area contributed by atoms with Crippen LogP contribution in [0.5, 0.6) is 5.75 Å². The molecule has 4 nitrogen and oxygen atoms in total. The van der Waals surface area contributed by atoms with Crippen molar-refractivity contribution in [2.24, 2.45) is 11.7 Å². The average Bonchev–Trinajstić information content (AvgIpc) is 2.33. The number of nitrogens with one attached hydrogen (secondary N) is 1. The first-order valence-corrected chi connectivity index (χ1v) is 5.92. The number of nitrogens with two attached hydrogens (primary N) is 1. The van der Waals surface area contributed by atoms with Crippen molar-refractivity contribution in [3.05, 3.63) is 30.1 Å². The Balaban J connectivity index is 2.25. The molecule has 0 radical (unpaired) electrons. The molecule has 5 heteroatoms. The van der Waals surface area contributed by atoms with E-state index in [-0.39, 0.29) is 23.7 Å². The van der Waals surface area contributed by atoms with Crippen molar-refractivity contribution >= 4 is 5.91 Å². The maximum atomic E-state index is 12.8. The van der Waals surface area contributed by atoms with Gasteiger partial charge >= 0.3 is 0 Å². The summed E-state index contributed by atoms with van der Waals surface area (Å²) in [6, 6.07) is 5.69. The zero-order valence-corrected chi connectivity index (χ0v) is 10.7. The van der Waals surface area contributed by atoms with Gasteiger partial charge in [0.05, 0.1) is 6.54 Å². The average molecular weight is 254 g/mol. The topological polar surface area (TPSA) is 64.4 Å². The number of carbonyl (C=O) groups is 1. The fraction of sp³-hybridized carbons (Fsp3) is 0.462. The largest absolute Gasteiger partial charge is 0.492 e. The molecule has 0 spiro atoms. The van der Waals surface area contributed by atoms with Gasteiger partial charge in [0, 0.05) is 18.0 Å². The lowest BCUT2D eigenvalue weighted by atomic mass is 10.0. The molecule has 0 aliphatic heterocycles. The number of hydrogen-bond acceptors (Lipinski definition) is 3. The van der Waals surface area contributed by atoms with Crippen LogP contribution in [0.4, 0.5) is 4.39 Å². The minimum Gasteiger partial charge on any atom is -0.492 e. The number of rotatable bonds is 6. The summed E-state index contributed by atoms with van der Waals surface area (Å²) in [7, 11) is 0. The molecule has 0 saturated carbocycles. The first kappa shape index (κ1) is 14.4. The second-order valence-electron chi connectivity index (χ2n) is 4.24. The van der Waals surface area contributed by atoms with Crippen molar-refractivity contribution in [3.8, 4) is 5.75 Å². The van der Waals surface area contributed by atoms with E-state index in [0.29, 0.717) is 18.9 Å². The van der Waals surface area contributed by atoms with Crippen LogP contribution in [0.3, 0.4) is 0 Å². The molecule has 100 valence electrons. The van der Waals surface area contributed by atoms with Crippen LogP contribution in [0.25, 0.3) is 0 Å². The van der Waals surface area contributed by atoms with Crippen LogP contribution < -0.4 is 15.8 Å². The number of hydrogen-bond donors (Lipinski definition) is 2. The summed E-state index contributed by atoms with van der Waals surface area (Å²) >= 11 is 0. The predicted octanol–water partition coefficient (Wildman–Crippen LogP) is 1.30. The summed E-state index contributed by atoms with van der Waals surface area (Å²) in [5.74, 6) is -0.237. The first-order valence-electron chi connectivity index (χ1n) is 5.92. The highest BCUT2D eigenvalue weighted by atomic mass is 19.1. The van der Waals surface area contributed by atoms with Gasteiger partial charge in [-0.15, -0.1) is 0 Å². The third-order valence-electron chi connectivity index (χ3n) is 2.67. The molecule has 1 rings (SSSR count). The summed E-state index contributed by atoms with van der Waals surface area (Å²) in [6.45, 7) is 4.22. The van der Waals surface area contributed by atoms with Gasteiger partial charge in [0.1, 0.15) is 18.2 Å². The number of ether oxygens (including phenoxy) is 1. The summed E-state index contributed by atoms with van der Waals surface area (Å²) in [4.78, 5) is 11.5. The van der Waals surface area contributed by atoms with E-state index in [1.165, 1.54) is 12.1 Å². The van der Waals surface area contributed by atoms with Gasteiger partial charge in [0.2, 0.25) is 5.91 Å². The van der Waals surface area contributed by atoms with E-state index in [2.05, 4.69) is 5.32 Å². The highest BCUT2D eigenvalue weighted by molar-refractivity contribution is 5.78. The van der Waals surface area contributed by atoms with Crippen molar-refractivity contribution in [1.82, 2.24) is 5.32 Å². The Morgan fingerprint density at radius 2 is 2.22 bits per heavy atom. The Labute approximate surface area is 106 Å². The summed E-state index contributed by atoms with van der Waals surface area (Å²) in [6.07, 6.45) is 0. The number of amides is 1. The molecule has 0 heterocycles. The van der Waals surface area contributed by atoms with Gasteiger partial charge in [0.25, 0.3) is 0 Å². The minimum absolute atomic E-state index is 0.104. The van der Waals surface area contributed by atoms with E-state index in [1.54, 1.807) is 26.0 Å². The lowest BCUT2D eigenvalue weighted by molar-refractivity contribution is -0.125. The van der Waals surface area contributed by atoms with E-state index < -0.39 is 0 Å². The van der Waals surface area contributed by atoms with E-state index in [1.807, 2.05) is 0 Å². The Hall–Kier alpha value is -1.62. The second kappa shape index (κ2) is 6.96. The molecule has 2 atom stereocenters. The SMILES string of the molecule is CC(N)C(C)C(=O)NCCOc1cccc(F)c1. The number of benzene rings is 1. The van der Waals surface area contributed by atoms with Crippen LogP contribution in [0.2, 0.25) is 0 Å². The van der Waals surface area contributed by atoms with Gasteiger partial charge in [-0.25, -0.2) is 4.39 Å². The Kier molecular flexibility index (Phi) is 5.58. The van der Waals surface area contributed by atoms with Crippen molar-refractivity contribution in [2.45, 2.75) is 19.9 Å². The lowest BCUT2D eigenvalue weighted by Gasteiger charge is -2.15. The highest BCUT2D eigenvalue weighted by Gasteiger charge is 2.15. The number of carbonyl (C=O) groups excluding carboxylic acids is 1. The van der Waals surface area contributed by atoms with Crippen molar-refractivity contribution in [3.63, 3.8) is 0 Å². The molecule has 1 aromatic rings. The van der Waals surface area contributed by atoms with Gasteiger partial charge in [-0.2, -0.15) is 0 Å². The summed E-state index contributed by atoms with van der Waals surface area (Å²) < 4.78 is 18.1. The van der Waals surface area contributed by atoms with Crippen LogP contribution in [-0.2, 0) is 4.79 Å². The van der Waals surface area contributed by atoms with Gasteiger partial charge in [-0.3, -0.25) is 4.79 Å². The van der Waals surface area contributed by atoms with Gasteiger partial charge in [0.15, 0.2) is 0 Å². The zero-order chi connectivity index (χ0) is 13.5. The maximum absolute atomic E-state index is 12.8. The Morgan fingerprint density at radius 1 is 1.50 bits per heavy atom. The predicted molar refractivity (Wildman–Crippen MR) is 67.7 cm³/mol. The standard InChI is InChI=1S/C13H19FN2O2/c1-9(10(2)15)13(17)16-6-7-18-12-5-3-4-11(14)8-12/h3-5,8-10H,6-7,15H2,1-2H3,(H,16,17). The quantitative estimate of drug-likeness (QED) is 0.752. The third-order valence-corrected chi connectivity index (χ3v) is 2.67. The highest BCUT2D eigenvalue weighted by Crippen LogP contribution is 2.11. The maximum Gasteiger partial charge on any atom is 0.224 e. The van der Waals surface area contributed by atoms with Crippen LogP contribution in [-0.4, -0.2) is 25.1 Å². The van der Waals surface area contributed by atoms with Crippen LogP contribution in [0, 0.1) is 11.7 Å².